The normalized spacial score (nSPS) is 11.5. The molecule has 0 radical (unpaired) electrons. The van der Waals surface area contributed by atoms with E-state index in [1.807, 2.05) is 32.9 Å². The summed E-state index contributed by atoms with van der Waals surface area (Å²) in [5.74, 6) is 0.434. The molecule has 0 unspecified atom stereocenters. The van der Waals surface area contributed by atoms with E-state index in [2.05, 4.69) is 11.4 Å². The van der Waals surface area contributed by atoms with Gasteiger partial charge in [-0.1, -0.05) is 31.5 Å². The minimum atomic E-state index is -3.64. The van der Waals surface area contributed by atoms with Crippen LogP contribution < -0.4 is 10.1 Å². The Kier molecular flexibility index (Phi) is 8.76. The van der Waals surface area contributed by atoms with Crippen molar-refractivity contribution >= 4 is 33.4 Å². The fourth-order valence-electron chi connectivity index (χ4n) is 2.95. The summed E-state index contributed by atoms with van der Waals surface area (Å²) in [6.45, 7) is 10.6. The lowest BCUT2D eigenvalue weighted by molar-refractivity contribution is -0.113. The highest BCUT2D eigenvalue weighted by molar-refractivity contribution is 8.00. The number of hydrogen-bond acceptors (Lipinski definition) is 5. The van der Waals surface area contributed by atoms with Crippen LogP contribution in [-0.2, 0) is 14.8 Å². The molecule has 0 heterocycles. The molecule has 8 heteroatoms. The molecule has 164 valence electrons. The van der Waals surface area contributed by atoms with Gasteiger partial charge >= 0.3 is 0 Å². The number of anilines is 1. The molecule has 0 bridgehead atoms. The number of sulfonamides is 1. The highest BCUT2D eigenvalue weighted by atomic mass is 32.2. The second-order valence-electron chi connectivity index (χ2n) is 6.79. The number of aryl methyl sites for hydroxylation is 2. The first-order valence-corrected chi connectivity index (χ1v) is 12.4. The van der Waals surface area contributed by atoms with Gasteiger partial charge in [0.25, 0.3) is 0 Å². The predicted molar refractivity (Wildman–Crippen MR) is 123 cm³/mol. The molecule has 0 aliphatic rings. The molecule has 2 aromatic carbocycles. The molecular formula is C22H30N2O4S2. The summed E-state index contributed by atoms with van der Waals surface area (Å²) < 4.78 is 32.7. The molecule has 6 nitrogen and oxygen atoms in total. The number of benzene rings is 2. The average molecular weight is 451 g/mol. The van der Waals surface area contributed by atoms with Gasteiger partial charge in [-0.2, -0.15) is 4.31 Å². The second-order valence-corrected chi connectivity index (χ2v) is 9.74. The van der Waals surface area contributed by atoms with Crippen LogP contribution in [0.15, 0.2) is 46.2 Å². The Morgan fingerprint density at radius 2 is 1.77 bits per heavy atom. The van der Waals surface area contributed by atoms with E-state index in [0.29, 0.717) is 31.1 Å². The molecule has 2 aromatic rings. The van der Waals surface area contributed by atoms with Gasteiger partial charge in [0.2, 0.25) is 15.9 Å². The van der Waals surface area contributed by atoms with Crippen LogP contribution in [0.3, 0.4) is 0 Å². The molecule has 0 aliphatic heterocycles. The van der Waals surface area contributed by atoms with Gasteiger partial charge in [0.05, 0.1) is 22.9 Å². The average Bonchev–Trinajstić information content (AvgIpc) is 2.70. The first-order chi connectivity index (χ1) is 14.2. The van der Waals surface area contributed by atoms with Crippen LogP contribution in [0.5, 0.6) is 5.75 Å². The molecule has 0 fully saturated rings. The van der Waals surface area contributed by atoms with Crippen molar-refractivity contribution in [3.8, 4) is 5.75 Å². The zero-order valence-electron chi connectivity index (χ0n) is 18.2. The van der Waals surface area contributed by atoms with Gasteiger partial charge in [0.1, 0.15) is 5.75 Å². The summed E-state index contributed by atoms with van der Waals surface area (Å²) in [5, 5.41) is 2.82. The van der Waals surface area contributed by atoms with Crippen LogP contribution in [0.25, 0.3) is 0 Å². The quantitative estimate of drug-likeness (QED) is 0.541. The number of rotatable bonds is 10. The largest absolute Gasteiger partial charge is 0.492 e. The summed E-state index contributed by atoms with van der Waals surface area (Å²) in [5.41, 5.74) is 2.61. The van der Waals surface area contributed by atoms with Gasteiger partial charge in [-0.25, -0.2) is 8.42 Å². The van der Waals surface area contributed by atoms with Crippen molar-refractivity contribution in [2.45, 2.75) is 44.4 Å². The number of carbonyl (C=O) groups excluding carboxylic acids is 1. The van der Waals surface area contributed by atoms with E-state index in [1.165, 1.54) is 28.2 Å². The van der Waals surface area contributed by atoms with Crippen molar-refractivity contribution in [2.75, 3.05) is 30.8 Å². The molecule has 0 aliphatic carbocycles. The Balaban J connectivity index is 2.23. The van der Waals surface area contributed by atoms with Gasteiger partial charge in [-0.3, -0.25) is 4.79 Å². The van der Waals surface area contributed by atoms with E-state index < -0.39 is 10.0 Å². The number of hydrogen-bond donors (Lipinski definition) is 1. The van der Waals surface area contributed by atoms with Crippen molar-refractivity contribution in [1.29, 1.82) is 0 Å². The molecule has 0 spiro atoms. The Morgan fingerprint density at radius 1 is 1.07 bits per heavy atom. The molecule has 0 saturated carbocycles. The third-order valence-electron chi connectivity index (χ3n) is 4.57. The third-order valence-corrected chi connectivity index (χ3v) is 7.77. The molecule has 0 saturated heterocycles. The van der Waals surface area contributed by atoms with E-state index in [1.54, 1.807) is 19.9 Å². The van der Waals surface area contributed by atoms with Crippen LogP contribution >= 0.6 is 11.8 Å². The summed E-state index contributed by atoms with van der Waals surface area (Å²) >= 11 is 1.45. The van der Waals surface area contributed by atoms with E-state index in [4.69, 9.17) is 4.74 Å². The van der Waals surface area contributed by atoms with Crippen LogP contribution in [0, 0.1) is 13.8 Å². The smallest absolute Gasteiger partial charge is 0.243 e. The zero-order valence-corrected chi connectivity index (χ0v) is 19.8. The summed E-state index contributed by atoms with van der Waals surface area (Å²) in [4.78, 5) is 13.8. The van der Waals surface area contributed by atoms with Crippen LogP contribution in [0.1, 0.15) is 31.9 Å². The first kappa shape index (κ1) is 24.2. The number of ether oxygens (including phenoxy) is 1. The van der Waals surface area contributed by atoms with E-state index in [0.717, 1.165) is 16.0 Å². The molecule has 1 N–H and O–H groups in total. The maximum Gasteiger partial charge on any atom is 0.243 e. The number of amides is 1. The maximum atomic E-state index is 12.9. The maximum absolute atomic E-state index is 12.9. The number of nitrogens with zero attached hydrogens (tertiary/aromatic N) is 1. The lowest BCUT2D eigenvalue weighted by Crippen LogP contribution is -2.30. The van der Waals surface area contributed by atoms with Crippen molar-refractivity contribution in [3.05, 3.63) is 47.5 Å². The third kappa shape index (κ3) is 6.00. The summed E-state index contributed by atoms with van der Waals surface area (Å²) in [6, 6.07) is 10.7. The Bertz CT molecular complexity index is 987. The van der Waals surface area contributed by atoms with E-state index >= 15 is 0 Å². The van der Waals surface area contributed by atoms with E-state index in [-0.39, 0.29) is 16.6 Å². The monoisotopic (exact) mass is 450 g/mol. The van der Waals surface area contributed by atoms with Gasteiger partial charge in [-0.05, 0) is 50.6 Å². The van der Waals surface area contributed by atoms with E-state index in [9.17, 15) is 13.2 Å². The van der Waals surface area contributed by atoms with Crippen molar-refractivity contribution < 1.29 is 17.9 Å². The lowest BCUT2D eigenvalue weighted by atomic mass is 10.2. The van der Waals surface area contributed by atoms with Crippen LogP contribution in [0.2, 0.25) is 0 Å². The number of carbonyl (C=O) groups is 1. The standard InChI is InChI=1S/C22H30N2O4S2/c1-6-24(7-2)30(26,27)18-11-12-20(28-8-3)19(14-18)23-22(25)15-29-21-13-16(4)9-10-17(21)5/h9-14H,6-8,15H2,1-5H3,(H,23,25). The minimum absolute atomic E-state index is 0.132. The molecule has 0 aromatic heterocycles. The van der Waals surface area contributed by atoms with Crippen molar-refractivity contribution in [1.82, 2.24) is 4.31 Å². The summed E-state index contributed by atoms with van der Waals surface area (Å²) in [6.07, 6.45) is 0. The second kappa shape index (κ2) is 10.8. The zero-order chi connectivity index (χ0) is 22.3. The molecule has 0 atom stereocenters. The fraction of sp³-hybridized carbons (Fsp3) is 0.409. The SMILES string of the molecule is CCOc1ccc(S(=O)(=O)N(CC)CC)cc1NC(=O)CSc1cc(C)ccc1C. The Labute approximate surface area is 184 Å². The van der Waals surface area contributed by atoms with Gasteiger partial charge < -0.3 is 10.1 Å². The number of nitrogens with one attached hydrogen (secondary N) is 1. The molecule has 30 heavy (non-hydrogen) atoms. The minimum Gasteiger partial charge on any atom is -0.492 e. The molecular weight excluding hydrogens is 420 g/mol. The fourth-order valence-corrected chi connectivity index (χ4v) is 5.36. The highest BCUT2D eigenvalue weighted by Crippen LogP contribution is 2.30. The molecule has 2 rings (SSSR count). The topological polar surface area (TPSA) is 75.7 Å². The highest BCUT2D eigenvalue weighted by Gasteiger charge is 2.23. The van der Waals surface area contributed by atoms with Gasteiger partial charge in [0, 0.05) is 18.0 Å². The number of thioether (sulfide) groups is 1. The van der Waals surface area contributed by atoms with Crippen LogP contribution in [0.4, 0.5) is 5.69 Å². The predicted octanol–water partition coefficient (Wildman–Crippen LogP) is 4.46. The van der Waals surface area contributed by atoms with Crippen molar-refractivity contribution in [3.63, 3.8) is 0 Å². The van der Waals surface area contributed by atoms with Gasteiger partial charge in [-0.15, -0.1) is 11.8 Å². The molecule has 1 amide bonds. The van der Waals surface area contributed by atoms with Crippen LogP contribution in [-0.4, -0.2) is 44.1 Å². The summed E-state index contributed by atoms with van der Waals surface area (Å²) in [7, 11) is -3.64. The van der Waals surface area contributed by atoms with Gasteiger partial charge in [0.15, 0.2) is 0 Å². The lowest BCUT2D eigenvalue weighted by Gasteiger charge is -2.20. The Hall–Kier alpha value is -2.03. The first-order valence-electron chi connectivity index (χ1n) is 9.99. The Morgan fingerprint density at radius 3 is 2.40 bits per heavy atom. The van der Waals surface area contributed by atoms with Crippen molar-refractivity contribution in [2.24, 2.45) is 0 Å².